The quantitative estimate of drug-likeness (QED) is 0.841. The van der Waals surface area contributed by atoms with Crippen molar-refractivity contribution in [2.45, 2.75) is 26.8 Å². The predicted molar refractivity (Wildman–Crippen MR) is 73.2 cm³/mol. The lowest BCUT2D eigenvalue weighted by Crippen LogP contribution is -2.37. The first-order valence-electron chi connectivity index (χ1n) is 6.31. The van der Waals surface area contributed by atoms with E-state index in [4.69, 9.17) is 11.5 Å². The maximum Gasteiger partial charge on any atom is 0.225 e. The molecule has 0 bridgehead atoms. The standard InChI is InChI=1S/C14H21N3O/c1-10-7-12(4-3-11(10)8-15)17-6-5-14(2,9-17)13(16)18/h3-4,7H,5-6,8-9,15H2,1-2H3,(H2,16,18). The second-order valence-electron chi connectivity index (χ2n) is 5.41. The number of primary amides is 1. The Morgan fingerprint density at radius 3 is 2.72 bits per heavy atom. The molecule has 0 spiro atoms. The summed E-state index contributed by atoms with van der Waals surface area (Å²) >= 11 is 0. The molecule has 1 aliphatic heterocycles. The summed E-state index contributed by atoms with van der Waals surface area (Å²) in [6.07, 6.45) is 0.819. The number of hydrogen-bond donors (Lipinski definition) is 2. The van der Waals surface area contributed by atoms with Gasteiger partial charge in [-0.1, -0.05) is 6.07 Å². The molecule has 18 heavy (non-hydrogen) atoms. The van der Waals surface area contributed by atoms with Gasteiger partial charge in [0.25, 0.3) is 0 Å². The predicted octanol–water partition coefficient (Wildman–Crippen LogP) is 1.16. The zero-order valence-corrected chi connectivity index (χ0v) is 11.1. The summed E-state index contributed by atoms with van der Waals surface area (Å²) in [5, 5.41) is 0. The van der Waals surface area contributed by atoms with Crippen LogP contribution in [0, 0.1) is 12.3 Å². The van der Waals surface area contributed by atoms with E-state index in [1.54, 1.807) is 0 Å². The van der Waals surface area contributed by atoms with Crippen molar-refractivity contribution in [3.63, 3.8) is 0 Å². The van der Waals surface area contributed by atoms with Crippen LogP contribution in [0.1, 0.15) is 24.5 Å². The van der Waals surface area contributed by atoms with Gasteiger partial charge in [-0.2, -0.15) is 0 Å². The van der Waals surface area contributed by atoms with E-state index in [9.17, 15) is 4.79 Å². The first-order chi connectivity index (χ1) is 8.46. The van der Waals surface area contributed by atoms with Crippen LogP contribution < -0.4 is 16.4 Å². The number of rotatable bonds is 3. The molecule has 1 heterocycles. The molecule has 98 valence electrons. The number of amides is 1. The normalized spacial score (nSPS) is 23.4. The Balaban J connectivity index is 2.19. The SMILES string of the molecule is Cc1cc(N2CCC(C)(C(N)=O)C2)ccc1CN. The van der Waals surface area contributed by atoms with E-state index in [1.807, 2.05) is 6.92 Å². The summed E-state index contributed by atoms with van der Waals surface area (Å²) in [4.78, 5) is 13.7. The molecule has 1 saturated heterocycles. The van der Waals surface area contributed by atoms with E-state index in [0.29, 0.717) is 13.1 Å². The van der Waals surface area contributed by atoms with Gasteiger partial charge in [0.1, 0.15) is 0 Å². The zero-order chi connectivity index (χ0) is 13.3. The first kappa shape index (κ1) is 12.9. The van der Waals surface area contributed by atoms with Gasteiger partial charge in [0, 0.05) is 25.3 Å². The Bertz CT molecular complexity index is 472. The van der Waals surface area contributed by atoms with Crippen LogP contribution in [0.3, 0.4) is 0 Å². The number of benzene rings is 1. The van der Waals surface area contributed by atoms with Crippen LogP contribution in [0.2, 0.25) is 0 Å². The molecule has 4 heteroatoms. The summed E-state index contributed by atoms with van der Waals surface area (Å²) in [6.45, 7) is 6.14. The number of nitrogens with zero attached hydrogens (tertiary/aromatic N) is 1. The number of carbonyl (C=O) groups excluding carboxylic acids is 1. The van der Waals surface area contributed by atoms with Gasteiger partial charge in [0.15, 0.2) is 0 Å². The van der Waals surface area contributed by atoms with Crippen molar-refractivity contribution in [1.82, 2.24) is 0 Å². The van der Waals surface area contributed by atoms with Gasteiger partial charge in [-0.15, -0.1) is 0 Å². The molecule has 2 rings (SSSR count). The molecule has 1 aliphatic rings. The minimum absolute atomic E-state index is 0.208. The Kier molecular flexibility index (Phi) is 3.30. The smallest absolute Gasteiger partial charge is 0.225 e. The monoisotopic (exact) mass is 247 g/mol. The van der Waals surface area contributed by atoms with Gasteiger partial charge in [-0.25, -0.2) is 0 Å². The second kappa shape index (κ2) is 4.61. The highest BCUT2D eigenvalue weighted by molar-refractivity contribution is 5.82. The number of nitrogens with two attached hydrogens (primary N) is 2. The summed E-state index contributed by atoms with van der Waals surface area (Å²) in [5.74, 6) is -0.208. The minimum Gasteiger partial charge on any atom is -0.370 e. The van der Waals surface area contributed by atoms with E-state index in [1.165, 1.54) is 5.56 Å². The highest BCUT2D eigenvalue weighted by atomic mass is 16.1. The topological polar surface area (TPSA) is 72.3 Å². The largest absolute Gasteiger partial charge is 0.370 e. The summed E-state index contributed by atoms with van der Waals surface area (Å²) in [7, 11) is 0. The summed E-state index contributed by atoms with van der Waals surface area (Å²) in [5.41, 5.74) is 14.2. The van der Waals surface area contributed by atoms with E-state index < -0.39 is 5.41 Å². The van der Waals surface area contributed by atoms with Gasteiger partial charge in [-0.3, -0.25) is 4.79 Å². The molecule has 1 atom stereocenters. The van der Waals surface area contributed by atoms with Crippen LogP contribution in [0.15, 0.2) is 18.2 Å². The molecule has 1 aromatic carbocycles. The van der Waals surface area contributed by atoms with Crippen molar-refractivity contribution in [2.24, 2.45) is 16.9 Å². The summed E-state index contributed by atoms with van der Waals surface area (Å²) in [6, 6.07) is 6.27. The molecule has 1 fully saturated rings. The molecule has 0 radical (unpaired) electrons. The van der Waals surface area contributed by atoms with Crippen LogP contribution >= 0.6 is 0 Å². The minimum atomic E-state index is -0.402. The van der Waals surface area contributed by atoms with Crippen LogP contribution in [-0.4, -0.2) is 19.0 Å². The van der Waals surface area contributed by atoms with Gasteiger partial charge in [-0.05, 0) is 43.5 Å². The van der Waals surface area contributed by atoms with Gasteiger partial charge < -0.3 is 16.4 Å². The average molecular weight is 247 g/mol. The molecule has 0 aliphatic carbocycles. The molecule has 1 amide bonds. The molecule has 0 saturated carbocycles. The zero-order valence-electron chi connectivity index (χ0n) is 11.1. The molecule has 4 N–H and O–H groups in total. The Morgan fingerprint density at radius 1 is 1.50 bits per heavy atom. The van der Waals surface area contributed by atoms with Crippen LogP contribution in [0.5, 0.6) is 0 Å². The van der Waals surface area contributed by atoms with Crippen LogP contribution in [0.25, 0.3) is 0 Å². The van der Waals surface area contributed by atoms with Crippen LogP contribution in [0.4, 0.5) is 5.69 Å². The third-order valence-corrected chi connectivity index (χ3v) is 3.98. The average Bonchev–Trinajstić information content (AvgIpc) is 2.73. The maximum atomic E-state index is 11.4. The lowest BCUT2D eigenvalue weighted by molar-refractivity contribution is -0.125. The fraction of sp³-hybridized carbons (Fsp3) is 0.500. The van der Waals surface area contributed by atoms with E-state index in [0.717, 1.165) is 24.2 Å². The molecular weight excluding hydrogens is 226 g/mol. The van der Waals surface area contributed by atoms with Gasteiger partial charge in [0.05, 0.1) is 5.41 Å². The van der Waals surface area contributed by atoms with Crippen molar-refractivity contribution in [3.05, 3.63) is 29.3 Å². The molecule has 1 unspecified atom stereocenters. The van der Waals surface area contributed by atoms with Crippen molar-refractivity contribution in [3.8, 4) is 0 Å². The Labute approximate surface area is 108 Å². The Hall–Kier alpha value is -1.55. The number of carbonyl (C=O) groups is 1. The number of aryl methyl sites for hydroxylation is 1. The maximum absolute atomic E-state index is 11.4. The van der Waals surface area contributed by atoms with Crippen molar-refractivity contribution in [2.75, 3.05) is 18.0 Å². The van der Waals surface area contributed by atoms with Gasteiger partial charge >= 0.3 is 0 Å². The summed E-state index contributed by atoms with van der Waals surface area (Å²) < 4.78 is 0. The number of hydrogen-bond acceptors (Lipinski definition) is 3. The molecule has 0 aromatic heterocycles. The first-order valence-corrected chi connectivity index (χ1v) is 6.31. The Morgan fingerprint density at radius 2 is 2.22 bits per heavy atom. The van der Waals surface area contributed by atoms with Crippen molar-refractivity contribution in [1.29, 1.82) is 0 Å². The van der Waals surface area contributed by atoms with Crippen molar-refractivity contribution >= 4 is 11.6 Å². The van der Waals surface area contributed by atoms with Gasteiger partial charge in [0.2, 0.25) is 5.91 Å². The molecule has 1 aromatic rings. The highest BCUT2D eigenvalue weighted by Gasteiger charge is 2.38. The third kappa shape index (κ3) is 2.20. The van der Waals surface area contributed by atoms with E-state index in [2.05, 4.69) is 30.0 Å². The highest BCUT2D eigenvalue weighted by Crippen LogP contribution is 2.33. The second-order valence-corrected chi connectivity index (χ2v) is 5.41. The third-order valence-electron chi connectivity index (χ3n) is 3.98. The molecular formula is C14H21N3O. The van der Waals surface area contributed by atoms with E-state index in [-0.39, 0.29) is 5.91 Å². The fourth-order valence-electron chi connectivity index (χ4n) is 2.49. The lowest BCUT2D eigenvalue weighted by Gasteiger charge is -2.23. The van der Waals surface area contributed by atoms with E-state index >= 15 is 0 Å². The lowest BCUT2D eigenvalue weighted by atomic mass is 9.89. The fourth-order valence-corrected chi connectivity index (χ4v) is 2.49. The van der Waals surface area contributed by atoms with Crippen molar-refractivity contribution < 1.29 is 4.79 Å². The molecule has 4 nitrogen and oxygen atoms in total. The number of anilines is 1. The van der Waals surface area contributed by atoms with Crippen LogP contribution in [-0.2, 0) is 11.3 Å².